The molecule has 0 aliphatic carbocycles. The van der Waals surface area contributed by atoms with Crippen LogP contribution in [-0.2, 0) is 9.53 Å². The van der Waals surface area contributed by atoms with Gasteiger partial charge in [-0.1, -0.05) is 0 Å². The van der Waals surface area contributed by atoms with Crippen LogP contribution >= 0.6 is 0 Å². The Labute approximate surface area is 142 Å². The molecule has 2 aliphatic heterocycles. The van der Waals surface area contributed by atoms with Crippen molar-refractivity contribution < 1.29 is 14.3 Å². The van der Waals surface area contributed by atoms with Gasteiger partial charge in [0, 0.05) is 46.0 Å². The first-order valence-electron chi connectivity index (χ1n) is 8.47. The van der Waals surface area contributed by atoms with Crippen molar-refractivity contribution in [2.45, 2.75) is 19.4 Å². The molecule has 1 atom stereocenters. The molecule has 0 radical (unpaired) electrons. The quantitative estimate of drug-likeness (QED) is 0.753. The van der Waals surface area contributed by atoms with E-state index < -0.39 is 0 Å². The maximum atomic E-state index is 12.1. The fourth-order valence-corrected chi connectivity index (χ4v) is 3.31. The van der Waals surface area contributed by atoms with E-state index in [1.165, 1.54) is 0 Å². The molecule has 2 aliphatic rings. The van der Waals surface area contributed by atoms with Crippen molar-refractivity contribution in [3.8, 4) is 0 Å². The van der Waals surface area contributed by atoms with Gasteiger partial charge in [-0.05, 0) is 25.5 Å². The van der Waals surface area contributed by atoms with Gasteiger partial charge in [-0.2, -0.15) is 0 Å². The second-order valence-electron chi connectivity index (χ2n) is 6.21. The van der Waals surface area contributed by atoms with Crippen LogP contribution in [0.1, 0.15) is 23.7 Å². The Morgan fingerprint density at radius 1 is 1.25 bits per heavy atom. The summed E-state index contributed by atoms with van der Waals surface area (Å²) in [5, 5.41) is 0. The van der Waals surface area contributed by atoms with Gasteiger partial charge >= 0.3 is 5.97 Å². The number of pyridine rings is 1. The number of ether oxygens (including phenoxy) is 1. The molecule has 24 heavy (non-hydrogen) atoms. The Morgan fingerprint density at radius 3 is 2.54 bits per heavy atom. The van der Waals surface area contributed by atoms with Crippen LogP contribution < -0.4 is 4.90 Å². The van der Waals surface area contributed by atoms with Gasteiger partial charge in [0.2, 0.25) is 5.91 Å². The molecule has 1 aromatic heterocycles. The number of aromatic nitrogens is 1. The van der Waals surface area contributed by atoms with Gasteiger partial charge in [-0.3, -0.25) is 9.69 Å². The average molecular weight is 332 g/mol. The highest BCUT2D eigenvalue weighted by Crippen LogP contribution is 2.20. The number of likely N-dealkylation sites (N-methyl/N-ethyl adjacent to an activating group) is 1. The lowest BCUT2D eigenvalue weighted by molar-refractivity contribution is -0.131. The fourth-order valence-electron chi connectivity index (χ4n) is 3.31. The normalized spacial score (nSPS) is 22.1. The van der Waals surface area contributed by atoms with Crippen LogP contribution in [-0.4, -0.2) is 79.1 Å². The van der Waals surface area contributed by atoms with E-state index in [0.29, 0.717) is 12.2 Å². The Morgan fingerprint density at radius 2 is 2.00 bits per heavy atom. The molecule has 3 heterocycles. The number of likely N-dealkylation sites (tertiary alicyclic amines) is 1. The number of amides is 1. The lowest BCUT2D eigenvalue weighted by Crippen LogP contribution is -2.52. The molecule has 2 fully saturated rings. The molecule has 0 unspecified atom stereocenters. The van der Waals surface area contributed by atoms with Crippen molar-refractivity contribution >= 4 is 17.7 Å². The highest BCUT2D eigenvalue weighted by atomic mass is 16.5. The molecule has 0 bridgehead atoms. The Balaban J connectivity index is 1.57. The van der Waals surface area contributed by atoms with E-state index in [0.717, 1.165) is 45.0 Å². The molecule has 0 spiro atoms. The minimum absolute atomic E-state index is 0.0382. The second kappa shape index (κ2) is 7.17. The summed E-state index contributed by atoms with van der Waals surface area (Å²) in [4.78, 5) is 34.4. The maximum Gasteiger partial charge on any atom is 0.339 e. The Kier molecular flexibility index (Phi) is 4.99. The number of rotatable bonds is 4. The lowest BCUT2D eigenvalue weighted by Gasteiger charge is -2.37. The summed E-state index contributed by atoms with van der Waals surface area (Å²) in [5.41, 5.74) is 0.471. The van der Waals surface area contributed by atoms with Gasteiger partial charge in [0.1, 0.15) is 5.82 Å². The van der Waals surface area contributed by atoms with Crippen molar-refractivity contribution in [2.24, 2.45) is 0 Å². The highest BCUT2D eigenvalue weighted by Gasteiger charge is 2.35. The van der Waals surface area contributed by atoms with Gasteiger partial charge in [0.15, 0.2) is 0 Å². The Bertz CT molecular complexity index is 596. The average Bonchev–Trinajstić information content (AvgIpc) is 2.95. The van der Waals surface area contributed by atoms with E-state index >= 15 is 0 Å². The third-order valence-corrected chi connectivity index (χ3v) is 4.74. The van der Waals surface area contributed by atoms with Gasteiger partial charge in [0.05, 0.1) is 18.2 Å². The zero-order valence-corrected chi connectivity index (χ0v) is 14.3. The molecule has 0 saturated carbocycles. The SMILES string of the molecule is CCOC(=O)c1ccc(N2CCN([C@@H]3CCN(C)C3=O)CC2)nc1. The van der Waals surface area contributed by atoms with Gasteiger partial charge in [-0.25, -0.2) is 9.78 Å². The van der Waals surface area contributed by atoms with Gasteiger partial charge in [-0.15, -0.1) is 0 Å². The number of hydrogen-bond acceptors (Lipinski definition) is 6. The molecule has 2 saturated heterocycles. The smallest absolute Gasteiger partial charge is 0.339 e. The Hall–Kier alpha value is -2.15. The number of carbonyl (C=O) groups excluding carboxylic acids is 2. The first-order chi connectivity index (χ1) is 11.6. The van der Waals surface area contributed by atoms with Crippen LogP contribution in [0.15, 0.2) is 18.3 Å². The summed E-state index contributed by atoms with van der Waals surface area (Å²) in [6.07, 6.45) is 2.48. The lowest BCUT2D eigenvalue weighted by atomic mass is 10.1. The van der Waals surface area contributed by atoms with Crippen molar-refractivity contribution in [3.05, 3.63) is 23.9 Å². The van der Waals surface area contributed by atoms with Gasteiger partial charge < -0.3 is 14.5 Å². The summed E-state index contributed by atoms with van der Waals surface area (Å²) < 4.78 is 4.97. The number of carbonyl (C=O) groups is 2. The van der Waals surface area contributed by atoms with E-state index in [4.69, 9.17) is 4.74 Å². The maximum absolute atomic E-state index is 12.1. The van der Waals surface area contributed by atoms with Crippen LogP contribution in [0.3, 0.4) is 0 Å². The largest absolute Gasteiger partial charge is 0.462 e. The monoisotopic (exact) mass is 332 g/mol. The van der Waals surface area contributed by atoms with E-state index in [1.54, 1.807) is 19.2 Å². The van der Waals surface area contributed by atoms with Crippen LogP contribution in [0, 0.1) is 0 Å². The van der Waals surface area contributed by atoms with E-state index in [1.807, 2.05) is 18.0 Å². The summed E-state index contributed by atoms with van der Waals surface area (Å²) in [6.45, 7) is 6.36. The number of hydrogen-bond donors (Lipinski definition) is 0. The first kappa shape index (κ1) is 16.7. The number of piperazine rings is 1. The summed E-state index contributed by atoms with van der Waals surface area (Å²) >= 11 is 0. The minimum Gasteiger partial charge on any atom is -0.462 e. The van der Waals surface area contributed by atoms with Crippen LogP contribution in [0.5, 0.6) is 0 Å². The molecular formula is C17H24N4O3. The molecule has 0 N–H and O–H groups in total. The molecule has 7 nitrogen and oxygen atoms in total. The zero-order chi connectivity index (χ0) is 17.1. The van der Waals surface area contributed by atoms with Crippen LogP contribution in [0.25, 0.3) is 0 Å². The molecule has 1 aromatic rings. The predicted octanol–water partition coefficient (Wildman–Crippen LogP) is 0.611. The molecule has 130 valence electrons. The van der Waals surface area contributed by atoms with Gasteiger partial charge in [0.25, 0.3) is 0 Å². The molecule has 0 aromatic carbocycles. The fraction of sp³-hybridized carbons (Fsp3) is 0.588. The zero-order valence-electron chi connectivity index (χ0n) is 14.3. The molecule has 7 heteroatoms. The summed E-state index contributed by atoms with van der Waals surface area (Å²) in [6, 6.07) is 3.65. The first-order valence-corrected chi connectivity index (χ1v) is 8.47. The molecule has 1 amide bonds. The minimum atomic E-state index is -0.342. The second-order valence-corrected chi connectivity index (χ2v) is 6.21. The van der Waals surface area contributed by atoms with Crippen molar-refractivity contribution in [2.75, 3.05) is 51.3 Å². The summed E-state index contributed by atoms with van der Waals surface area (Å²) in [5.74, 6) is 0.753. The topological polar surface area (TPSA) is 66.0 Å². The van der Waals surface area contributed by atoms with Crippen molar-refractivity contribution in [1.29, 1.82) is 0 Å². The van der Waals surface area contributed by atoms with Crippen LogP contribution in [0.4, 0.5) is 5.82 Å². The predicted molar refractivity (Wildman–Crippen MR) is 90.0 cm³/mol. The number of esters is 1. The molecule has 3 rings (SSSR count). The van der Waals surface area contributed by atoms with E-state index in [-0.39, 0.29) is 17.9 Å². The van der Waals surface area contributed by atoms with Crippen molar-refractivity contribution in [1.82, 2.24) is 14.8 Å². The van der Waals surface area contributed by atoms with E-state index in [9.17, 15) is 9.59 Å². The third kappa shape index (κ3) is 3.36. The number of nitrogens with zero attached hydrogens (tertiary/aromatic N) is 4. The standard InChI is InChI=1S/C17H24N4O3/c1-3-24-17(23)13-4-5-15(18-12-13)21-10-8-20(9-11-21)14-6-7-19(2)16(14)22/h4-5,12,14H,3,6-11H2,1-2H3/t14-/m1/s1. The third-order valence-electron chi connectivity index (χ3n) is 4.74. The number of anilines is 1. The highest BCUT2D eigenvalue weighted by molar-refractivity contribution is 5.89. The van der Waals surface area contributed by atoms with Crippen LogP contribution in [0.2, 0.25) is 0 Å². The van der Waals surface area contributed by atoms with E-state index in [2.05, 4.69) is 14.8 Å². The molecular weight excluding hydrogens is 308 g/mol. The van der Waals surface area contributed by atoms with Crippen molar-refractivity contribution in [3.63, 3.8) is 0 Å². The summed E-state index contributed by atoms with van der Waals surface area (Å²) in [7, 11) is 1.87.